The van der Waals surface area contributed by atoms with Gasteiger partial charge < -0.3 is 20.7 Å². The summed E-state index contributed by atoms with van der Waals surface area (Å²) < 4.78 is 7.54. The molecule has 1 aliphatic carbocycles. The van der Waals surface area contributed by atoms with Gasteiger partial charge in [-0.3, -0.25) is 9.59 Å². The summed E-state index contributed by atoms with van der Waals surface area (Å²) in [5.41, 5.74) is 8.06. The first-order chi connectivity index (χ1) is 18.2. The zero-order valence-corrected chi connectivity index (χ0v) is 23.8. The van der Waals surface area contributed by atoms with Crippen LogP contribution in [0.1, 0.15) is 37.7 Å². The molecule has 0 radical (unpaired) electrons. The Morgan fingerprint density at radius 1 is 1.13 bits per heavy atom. The van der Waals surface area contributed by atoms with Gasteiger partial charge in [0.05, 0.1) is 29.0 Å². The molecule has 3 aromatic rings. The van der Waals surface area contributed by atoms with E-state index in [1.165, 1.54) is 25.5 Å². The van der Waals surface area contributed by atoms with E-state index >= 15 is 0 Å². The SMILES string of the molecule is C[Si](C)(C)CCOCn1ncc2c(N)ncc(NC(=O)C(=O)N(Cc3ccccc3)CC3CCCCC3)c21. The standard InChI is InChI=1S/C28H40N6O3Si/c1-38(2,3)15-14-37-20-34-25-23(16-31-34)26(29)30-17-24(25)32-27(35)28(36)33(18-21-10-6-4-7-11-21)19-22-12-8-5-9-13-22/h4,6-7,10-11,16-17,22H,5,8-9,12-15,18-20H2,1-3H3,(H2,29,30)(H,32,35). The number of ether oxygens (including phenoxy) is 1. The number of nitrogens with two attached hydrogens (primary N) is 1. The molecule has 1 aromatic carbocycles. The minimum atomic E-state index is -1.23. The molecule has 0 saturated heterocycles. The average Bonchev–Trinajstić information content (AvgIpc) is 3.33. The third-order valence-electron chi connectivity index (χ3n) is 7.06. The molecule has 0 spiro atoms. The molecule has 0 bridgehead atoms. The summed E-state index contributed by atoms with van der Waals surface area (Å²) in [5.74, 6) is -0.539. The highest BCUT2D eigenvalue weighted by molar-refractivity contribution is 6.76. The van der Waals surface area contributed by atoms with Crippen LogP contribution >= 0.6 is 0 Å². The molecule has 0 unspecified atom stereocenters. The summed E-state index contributed by atoms with van der Waals surface area (Å²) in [6, 6.07) is 10.8. The van der Waals surface area contributed by atoms with Crippen LogP contribution in [0.25, 0.3) is 10.9 Å². The Labute approximate surface area is 225 Å². The molecule has 2 aromatic heterocycles. The molecule has 3 N–H and O–H groups in total. The number of rotatable bonds is 10. The lowest BCUT2D eigenvalue weighted by molar-refractivity contribution is -0.144. The van der Waals surface area contributed by atoms with Crippen molar-refractivity contribution in [2.45, 2.75) is 71.1 Å². The summed E-state index contributed by atoms with van der Waals surface area (Å²) in [5, 5.41) is 7.81. The first-order valence-corrected chi connectivity index (χ1v) is 17.2. The van der Waals surface area contributed by atoms with E-state index in [4.69, 9.17) is 10.5 Å². The number of anilines is 2. The minimum Gasteiger partial charge on any atom is -0.383 e. The van der Waals surface area contributed by atoms with Gasteiger partial charge in [-0.05, 0) is 30.4 Å². The molecule has 10 heteroatoms. The van der Waals surface area contributed by atoms with Crippen LogP contribution in [0.2, 0.25) is 25.7 Å². The summed E-state index contributed by atoms with van der Waals surface area (Å²) in [4.78, 5) is 32.7. The number of nitrogen functional groups attached to an aromatic ring is 1. The molecule has 2 amide bonds. The van der Waals surface area contributed by atoms with Gasteiger partial charge in [-0.15, -0.1) is 0 Å². The van der Waals surface area contributed by atoms with E-state index in [0.29, 0.717) is 48.0 Å². The number of pyridine rings is 1. The van der Waals surface area contributed by atoms with Crippen molar-refractivity contribution in [3.63, 3.8) is 0 Å². The Bertz CT molecular complexity index is 1230. The van der Waals surface area contributed by atoms with Crippen LogP contribution in [0.3, 0.4) is 0 Å². The summed E-state index contributed by atoms with van der Waals surface area (Å²) in [7, 11) is -1.23. The Hall–Kier alpha value is -3.24. The second-order valence-electron chi connectivity index (χ2n) is 11.4. The fourth-order valence-electron chi connectivity index (χ4n) is 4.86. The maximum absolute atomic E-state index is 13.5. The smallest absolute Gasteiger partial charge is 0.314 e. The highest BCUT2D eigenvalue weighted by atomic mass is 28.3. The van der Waals surface area contributed by atoms with E-state index in [9.17, 15) is 9.59 Å². The van der Waals surface area contributed by atoms with Crippen LogP contribution < -0.4 is 11.1 Å². The lowest BCUT2D eigenvalue weighted by atomic mass is 9.89. The Morgan fingerprint density at radius 2 is 1.87 bits per heavy atom. The molecule has 4 rings (SSSR count). The van der Waals surface area contributed by atoms with E-state index in [1.807, 2.05) is 30.3 Å². The number of carbonyl (C=O) groups is 2. The lowest BCUT2D eigenvalue weighted by Gasteiger charge is -2.29. The van der Waals surface area contributed by atoms with Crippen molar-refractivity contribution < 1.29 is 14.3 Å². The van der Waals surface area contributed by atoms with E-state index in [-0.39, 0.29) is 6.73 Å². The Morgan fingerprint density at radius 3 is 2.58 bits per heavy atom. The van der Waals surface area contributed by atoms with Gasteiger partial charge in [0.2, 0.25) is 0 Å². The van der Waals surface area contributed by atoms with Crippen LogP contribution in [-0.4, -0.2) is 52.7 Å². The number of benzene rings is 1. The second kappa shape index (κ2) is 12.5. The zero-order valence-electron chi connectivity index (χ0n) is 22.8. The summed E-state index contributed by atoms with van der Waals surface area (Å²) in [6.07, 6.45) is 8.83. The van der Waals surface area contributed by atoms with Crippen molar-refractivity contribution in [2.24, 2.45) is 5.92 Å². The Kier molecular flexibility index (Phi) is 9.16. The van der Waals surface area contributed by atoms with Gasteiger partial charge in [0.25, 0.3) is 0 Å². The molecule has 1 fully saturated rings. The van der Waals surface area contributed by atoms with Crippen molar-refractivity contribution in [3.05, 3.63) is 48.3 Å². The van der Waals surface area contributed by atoms with Crippen molar-refractivity contribution in [2.75, 3.05) is 24.2 Å². The van der Waals surface area contributed by atoms with Crippen LogP contribution in [0.5, 0.6) is 0 Å². The van der Waals surface area contributed by atoms with Gasteiger partial charge in [0, 0.05) is 27.8 Å². The first-order valence-electron chi connectivity index (χ1n) is 13.5. The Balaban J connectivity index is 1.51. The number of hydrogen-bond acceptors (Lipinski definition) is 6. The van der Waals surface area contributed by atoms with E-state index in [2.05, 4.69) is 35.0 Å². The quantitative estimate of drug-likeness (QED) is 0.217. The highest BCUT2D eigenvalue weighted by Crippen LogP contribution is 2.28. The second-order valence-corrected chi connectivity index (χ2v) is 17.1. The number of aromatic nitrogens is 3. The van der Waals surface area contributed by atoms with Gasteiger partial charge in [0.1, 0.15) is 12.5 Å². The van der Waals surface area contributed by atoms with Gasteiger partial charge >= 0.3 is 11.8 Å². The van der Waals surface area contributed by atoms with Crippen LogP contribution in [0, 0.1) is 5.92 Å². The van der Waals surface area contributed by atoms with Crippen molar-refractivity contribution >= 4 is 42.3 Å². The van der Waals surface area contributed by atoms with E-state index in [0.717, 1.165) is 24.4 Å². The van der Waals surface area contributed by atoms with Gasteiger partial charge in [0.15, 0.2) is 0 Å². The average molecular weight is 537 g/mol. The lowest BCUT2D eigenvalue weighted by Crippen LogP contribution is -2.42. The zero-order chi connectivity index (χ0) is 27.1. The molecular weight excluding hydrogens is 496 g/mol. The number of hydrogen-bond donors (Lipinski definition) is 2. The normalized spacial score (nSPS) is 14.5. The number of fused-ring (bicyclic) bond motifs is 1. The van der Waals surface area contributed by atoms with Crippen LogP contribution in [-0.2, 0) is 27.6 Å². The van der Waals surface area contributed by atoms with Crippen molar-refractivity contribution in [3.8, 4) is 0 Å². The third-order valence-corrected chi connectivity index (χ3v) is 8.77. The minimum absolute atomic E-state index is 0.218. The molecule has 2 heterocycles. The van der Waals surface area contributed by atoms with Crippen LogP contribution in [0.4, 0.5) is 11.5 Å². The molecule has 38 heavy (non-hydrogen) atoms. The number of nitrogens with one attached hydrogen (secondary N) is 1. The van der Waals surface area contributed by atoms with E-state index < -0.39 is 19.9 Å². The maximum Gasteiger partial charge on any atom is 0.314 e. The van der Waals surface area contributed by atoms with E-state index in [1.54, 1.807) is 15.8 Å². The largest absolute Gasteiger partial charge is 0.383 e. The predicted octanol–water partition coefficient (Wildman–Crippen LogP) is 4.87. The summed E-state index contributed by atoms with van der Waals surface area (Å²) >= 11 is 0. The highest BCUT2D eigenvalue weighted by Gasteiger charge is 2.27. The first kappa shape index (κ1) is 27.8. The monoisotopic (exact) mass is 536 g/mol. The van der Waals surface area contributed by atoms with Gasteiger partial charge in [-0.25, -0.2) is 9.67 Å². The van der Waals surface area contributed by atoms with Crippen molar-refractivity contribution in [1.82, 2.24) is 19.7 Å². The number of amides is 2. The molecule has 0 atom stereocenters. The fourth-order valence-corrected chi connectivity index (χ4v) is 5.62. The maximum atomic E-state index is 13.5. The van der Waals surface area contributed by atoms with Crippen molar-refractivity contribution in [1.29, 1.82) is 0 Å². The molecular formula is C28H40N6O3Si. The number of nitrogens with zero attached hydrogens (tertiary/aromatic N) is 4. The predicted molar refractivity (Wildman–Crippen MR) is 153 cm³/mol. The van der Waals surface area contributed by atoms with Crippen LogP contribution in [0.15, 0.2) is 42.7 Å². The van der Waals surface area contributed by atoms with Gasteiger partial charge in [-0.1, -0.05) is 69.2 Å². The molecule has 9 nitrogen and oxygen atoms in total. The fraction of sp³-hybridized carbons (Fsp3) is 0.500. The molecule has 0 aliphatic heterocycles. The molecule has 1 saturated carbocycles. The topological polar surface area (TPSA) is 115 Å². The van der Waals surface area contributed by atoms with Gasteiger partial charge in [-0.2, -0.15) is 5.10 Å². The third kappa shape index (κ3) is 7.41. The molecule has 1 aliphatic rings. The summed E-state index contributed by atoms with van der Waals surface area (Å²) in [6.45, 7) is 8.70. The number of carbonyl (C=O) groups excluding carboxylic acids is 2. The molecule has 204 valence electrons.